The van der Waals surface area contributed by atoms with Crippen LogP contribution in [0.1, 0.15) is 5.69 Å². The van der Waals surface area contributed by atoms with E-state index < -0.39 is 0 Å². The first-order chi connectivity index (χ1) is 15.7. The summed E-state index contributed by atoms with van der Waals surface area (Å²) in [4.78, 5) is 4.97. The lowest BCUT2D eigenvalue weighted by atomic mass is 10.0. The molecule has 5 aromatic rings. The first kappa shape index (κ1) is 20.9. The third-order valence-corrected chi connectivity index (χ3v) is 6.59. The van der Waals surface area contributed by atoms with Crippen LogP contribution in [0.25, 0.3) is 33.1 Å². The Morgan fingerprint density at radius 2 is 1.59 bits per heavy atom. The van der Waals surface area contributed by atoms with E-state index in [1.165, 1.54) is 16.2 Å². The predicted octanol–water partition coefficient (Wildman–Crippen LogP) is 6.24. The van der Waals surface area contributed by atoms with Gasteiger partial charge in [-0.1, -0.05) is 65.8 Å². The van der Waals surface area contributed by atoms with Gasteiger partial charge in [0.15, 0.2) is 11.0 Å². The molecule has 2 aromatic heterocycles. The Morgan fingerprint density at radius 1 is 0.875 bits per heavy atom. The number of pyridine rings is 1. The Morgan fingerprint density at radius 3 is 2.38 bits per heavy atom. The molecule has 0 bridgehead atoms. The lowest BCUT2D eigenvalue weighted by Crippen LogP contribution is -2.07. The third-order valence-electron chi connectivity index (χ3n) is 5.36. The maximum Gasteiger partial charge on any atom is 0.191 e. The molecule has 3 aromatic carbocycles. The van der Waals surface area contributed by atoms with Gasteiger partial charge in [-0.2, -0.15) is 0 Å². The van der Waals surface area contributed by atoms with Crippen LogP contribution >= 0.6 is 23.4 Å². The Kier molecular flexibility index (Phi) is 6.08. The summed E-state index contributed by atoms with van der Waals surface area (Å²) in [6.07, 6.45) is 0. The summed E-state index contributed by atoms with van der Waals surface area (Å²) in [6, 6.07) is 24.4. The Hall–Kier alpha value is -2.93. The van der Waals surface area contributed by atoms with Gasteiger partial charge in [0, 0.05) is 34.2 Å². The maximum absolute atomic E-state index is 6.06. The molecule has 5 nitrogen and oxygen atoms in total. The van der Waals surface area contributed by atoms with Crippen LogP contribution in [0.15, 0.2) is 78.0 Å². The van der Waals surface area contributed by atoms with E-state index in [1.807, 2.05) is 30.3 Å². The first-order valence-electron chi connectivity index (χ1n) is 10.3. The quantitative estimate of drug-likeness (QED) is 0.212. The van der Waals surface area contributed by atoms with Gasteiger partial charge in [-0.05, 0) is 35.7 Å². The molecule has 32 heavy (non-hydrogen) atoms. The minimum atomic E-state index is 0.573. The molecule has 0 saturated carbocycles. The van der Waals surface area contributed by atoms with Crippen LogP contribution in [0.2, 0.25) is 5.02 Å². The van der Waals surface area contributed by atoms with Gasteiger partial charge in [0.2, 0.25) is 0 Å². The number of benzene rings is 3. The summed E-state index contributed by atoms with van der Waals surface area (Å²) in [5.41, 5.74) is 3.02. The van der Waals surface area contributed by atoms with Crippen LogP contribution in [-0.4, -0.2) is 33.5 Å². The lowest BCUT2D eigenvalue weighted by molar-refractivity contribution is 0.185. The summed E-state index contributed by atoms with van der Waals surface area (Å²) < 4.78 is 7.43. The zero-order valence-corrected chi connectivity index (χ0v) is 19.1. The molecule has 0 spiro atoms. The normalized spacial score (nSPS) is 11.4. The highest BCUT2D eigenvalue weighted by Crippen LogP contribution is 2.31. The number of para-hydroxylation sites is 1. The molecule has 0 radical (unpaired) electrons. The van der Waals surface area contributed by atoms with Crippen LogP contribution < -0.4 is 0 Å². The number of hydrogen-bond donors (Lipinski definition) is 0. The molecule has 0 saturated heterocycles. The van der Waals surface area contributed by atoms with E-state index in [9.17, 15) is 0 Å². The van der Waals surface area contributed by atoms with Gasteiger partial charge >= 0.3 is 0 Å². The molecule has 0 fully saturated rings. The predicted molar refractivity (Wildman–Crippen MR) is 131 cm³/mol. The van der Waals surface area contributed by atoms with Crippen molar-refractivity contribution in [2.75, 3.05) is 13.7 Å². The smallest absolute Gasteiger partial charge is 0.191 e. The molecule has 0 aliphatic heterocycles. The fourth-order valence-electron chi connectivity index (χ4n) is 3.81. The lowest BCUT2D eigenvalue weighted by Gasteiger charge is -2.11. The standard InChI is InChI=1S/C25H21ClN4OS/c1-31-15-14-30-24(17-10-12-18(26)13-11-17)28-29-25(30)32-16-23-21-8-3-2-6-19(21)20-7-4-5-9-22(20)27-23/h2-13H,14-16H2,1H3. The third kappa shape index (κ3) is 4.09. The first-order valence-corrected chi connectivity index (χ1v) is 11.7. The number of ether oxygens (including phenoxy) is 1. The number of rotatable bonds is 7. The zero-order chi connectivity index (χ0) is 21.9. The van der Waals surface area contributed by atoms with Crippen LogP contribution in [0, 0.1) is 0 Å². The summed E-state index contributed by atoms with van der Waals surface area (Å²) in [5, 5.41) is 14.0. The largest absolute Gasteiger partial charge is 0.383 e. The van der Waals surface area contributed by atoms with Crippen LogP contribution in [0.4, 0.5) is 0 Å². The highest BCUT2D eigenvalue weighted by molar-refractivity contribution is 7.98. The number of methoxy groups -OCH3 is 1. The summed E-state index contributed by atoms with van der Waals surface area (Å²) in [6.45, 7) is 1.24. The zero-order valence-electron chi connectivity index (χ0n) is 17.5. The van der Waals surface area contributed by atoms with E-state index in [-0.39, 0.29) is 0 Å². The Labute approximate surface area is 195 Å². The van der Waals surface area contributed by atoms with Gasteiger partial charge in [-0.25, -0.2) is 0 Å². The molecule has 160 valence electrons. The fraction of sp³-hybridized carbons (Fsp3) is 0.160. The van der Waals surface area contributed by atoms with Gasteiger partial charge in [-0.3, -0.25) is 9.55 Å². The van der Waals surface area contributed by atoms with Crippen LogP contribution in [0.5, 0.6) is 0 Å². The van der Waals surface area contributed by atoms with Crippen molar-refractivity contribution in [1.29, 1.82) is 0 Å². The summed E-state index contributed by atoms with van der Waals surface area (Å²) >= 11 is 7.70. The van der Waals surface area contributed by atoms with E-state index >= 15 is 0 Å². The number of aromatic nitrogens is 4. The van der Waals surface area contributed by atoms with Crippen LogP contribution in [0.3, 0.4) is 0 Å². The maximum atomic E-state index is 6.06. The summed E-state index contributed by atoms with van der Waals surface area (Å²) in [5.74, 6) is 1.49. The molecular weight excluding hydrogens is 440 g/mol. The van der Waals surface area contributed by atoms with Gasteiger partial charge in [0.05, 0.1) is 24.4 Å². The van der Waals surface area contributed by atoms with E-state index in [0.29, 0.717) is 23.9 Å². The van der Waals surface area contributed by atoms with Crippen molar-refractivity contribution >= 4 is 45.0 Å². The van der Waals surface area contributed by atoms with Crippen molar-refractivity contribution in [1.82, 2.24) is 19.7 Å². The van der Waals surface area contributed by atoms with Crippen molar-refractivity contribution < 1.29 is 4.74 Å². The molecule has 0 unspecified atom stereocenters. The number of halogens is 1. The molecule has 5 rings (SSSR count). The minimum Gasteiger partial charge on any atom is -0.383 e. The van der Waals surface area contributed by atoms with E-state index in [1.54, 1.807) is 18.9 Å². The second-order valence-electron chi connectivity index (χ2n) is 7.37. The Bertz CT molecular complexity index is 1380. The second-order valence-corrected chi connectivity index (χ2v) is 8.75. The molecule has 7 heteroatoms. The highest BCUT2D eigenvalue weighted by atomic mass is 35.5. The molecular formula is C25H21ClN4OS. The molecule has 0 atom stereocenters. The number of hydrogen-bond acceptors (Lipinski definition) is 5. The molecule has 0 aliphatic rings. The van der Waals surface area contributed by atoms with Crippen molar-refractivity contribution in [2.24, 2.45) is 0 Å². The van der Waals surface area contributed by atoms with Gasteiger partial charge < -0.3 is 4.74 Å². The molecule has 0 aliphatic carbocycles. The topological polar surface area (TPSA) is 52.8 Å². The Balaban J connectivity index is 1.50. The fourth-order valence-corrected chi connectivity index (χ4v) is 4.85. The second kappa shape index (κ2) is 9.28. The monoisotopic (exact) mass is 460 g/mol. The highest BCUT2D eigenvalue weighted by Gasteiger charge is 2.16. The van der Waals surface area contributed by atoms with Crippen LogP contribution in [-0.2, 0) is 17.0 Å². The van der Waals surface area contributed by atoms with Crippen molar-refractivity contribution in [3.63, 3.8) is 0 Å². The summed E-state index contributed by atoms with van der Waals surface area (Å²) in [7, 11) is 1.70. The van der Waals surface area contributed by atoms with Gasteiger partial charge in [0.1, 0.15) is 0 Å². The number of nitrogens with zero attached hydrogens (tertiary/aromatic N) is 4. The molecule has 0 N–H and O–H groups in total. The van der Waals surface area contributed by atoms with Gasteiger partial charge in [-0.15, -0.1) is 10.2 Å². The average molecular weight is 461 g/mol. The molecule has 2 heterocycles. The van der Waals surface area contributed by atoms with Crippen molar-refractivity contribution in [2.45, 2.75) is 17.5 Å². The van der Waals surface area contributed by atoms with E-state index in [4.69, 9.17) is 21.3 Å². The average Bonchev–Trinajstić information content (AvgIpc) is 3.24. The van der Waals surface area contributed by atoms with E-state index in [0.717, 1.165) is 27.8 Å². The van der Waals surface area contributed by atoms with E-state index in [2.05, 4.69) is 57.2 Å². The number of thioether (sulfide) groups is 1. The van der Waals surface area contributed by atoms with Crippen molar-refractivity contribution in [3.8, 4) is 11.4 Å². The molecule has 0 amide bonds. The van der Waals surface area contributed by atoms with Gasteiger partial charge in [0.25, 0.3) is 0 Å². The SMILES string of the molecule is COCCn1c(SCc2nc3ccccc3c3ccccc23)nnc1-c1ccc(Cl)cc1. The van der Waals surface area contributed by atoms with Crippen molar-refractivity contribution in [3.05, 3.63) is 83.5 Å². The minimum absolute atomic E-state index is 0.573. The number of fused-ring (bicyclic) bond motifs is 3.